The first-order valence-corrected chi connectivity index (χ1v) is 7.27. The van der Waals surface area contributed by atoms with Gasteiger partial charge in [0.1, 0.15) is 0 Å². The van der Waals surface area contributed by atoms with E-state index in [1.54, 1.807) is 0 Å². The molecular formula is C12H13NO4S. The molecule has 2 aliphatic rings. The smallest absolute Gasteiger partial charge is 0.335 e. The molecule has 2 N–H and O–H groups in total. The van der Waals surface area contributed by atoms with E-state index in [1.807, 2.05) is 0 Å². The number of sulfonamides is 1. The number of carbonyl (C=O) groups is 1. The third kappa shape index (κ3) is 1.91. The van der Waals surface area contributed by atoms with Crippen LogP contribution in [0.2, 0.25) is 0 Å². The lowest BCUT2D eigenvalue weighted by Crippen LogP contribution is -2.27. The summed E-state index contributed by atoms with van der Waals surface area (Å²) < 4.78 is 26.8. The third-order valence-corrected chi connectivity index (χ3v) is 5.24. The number of benzene rings is 1. The van der Waals surface area contributed by atoms with Crippen LogP contribution in [-0.4, -0.2) is 25.5 Å². The highest BCUT2D eigenvalue weighted by Crippen LogP contribution is 2.66. The van der Waals surface area contributed by atoms with Crippen LogP contribution in [0.3, 0.4) is 0 Å². The van der Waals surface area contributed by atoms with Crippen molar-refractivity contribution < 1.29 is 18.3 Å². The highest BCUT2D eigenvalue weighted by atomic mass is 32.2. The molecule has 2 aliphatic carbocycles. The molecule has 1 aromatic rings. The number of carboxylic acid groups (broad SMARTS) is 1. The van der Waals surface area contributed by atoms with Crippen molar-refractivity contribution in [3.63, 3.8) is 0 Å². The highest BCUT2D eigenvalue weighted by Gasteiger charge is 2.63. The van der Waals surface area contributed by atoms with Gasteiger partial charge in [0, 0.05) is 6.04 Å². The summed E-state index contributed by atoms with van der Waals surface area (Å²) in [6.45, 7) is 0. The minimum absolute atomic E-state index is 0.0186. The number of carboxylic acids is 1. The number of rotatable bonds is 4. The fraction of sp³-hybridized carbons (Fsp3) is 0.417. The normalized spacial score (nSPS) is 23.9. The van der Waals surface area contributed by atoms with Crippen LogP contribution in [0.5, 0.6) is 0 Å². The summed E-state index contributed by atoms with van der Waals surface area (Å²) in [5, 5.41) is 8.85. The largest absolute Gasteiger partial charge is 0.478 e. The van der Waals surface area contributed by atoms with Gasteiger partial charge in [-0.15, -0.1) is 0 Å². The van der Waals surface area contributed by atoms with E-state index >= 15 is 0 Å². The Hall–Kier alpha value is -1.40. The summed E-state index contributed by atoms with van der Waals surface area (Å²) in [5.41, 5.74) is 0.215. The topological polar surface area (TPSA) is 83.5 Å². The number of hydrogen-bond donors (Lipinski definition) is 2. The number of aromatic carboxylic acids is 1. The van der Waals surface area contributed by atoms with E-state index in [1.165, 1.54) is 24.3 Å². The molecule has 1 aromatic carbocycles. The van der Waals surface area contributed by atoms with Crippen molar-refractivity contribution in [2.75, 3.05) is 0 Å². The molecule has 0 aliphatic heterocycles. The molecule has 0 saturated heterocycles. The van der Waals surface area contributed by atoms with Crippen molar-refractivity contribution in [2.45, 2.75) is 30.2 Å². The average molecular weight is 267 g/mol. The van der Waals surface area contributed by atoms with E-state index in [2.05, 4.69) is 4.72 Å². The van der Waals surface area contributed by atoms with Crippen LogP contribution in [0, 0.1) is 5.41 Å². The summed E-state index contributed by atoms with van der Waals surface area (Å²) in [6, 6.07) is 5.46. The first-order valence-electron chi connectivity index (χ1n) is 5.79. The van der Waals surface area contributed by atoms with Crippen molar-refractivity contribution in [2.24, 2.45) is 5.41 Å². The SMILES string of the molecule is O=C(O)c1cccc(S(=O)(=O)NC2CC23CC3)c1. The zero-order valence-electron chi connectivity index (χ0n) is 9.59. The van der Waals surface area contributed by atoms with E-state index < -0.39 is 16.0 Å². The van der Waals surface area contributed by atoms with Crippen LogP contribution < -0.4 is 4.72 Å². The van der Waals surface area contributed by atoms with Gasteiger partial charge in [0.2, 0.25) is 10.0 Å². The van der Waals surface area contributed by atoms with E-state index in [-0.39, 0.29) is 21.9 Å². The van der Waals surface area contributed by atoms with Gasteiger partial charge >= 0.3 is 5.97 Å². The van der Waals surface area contributed by atoms with Gasteiger partial charge in [-0.05, 0) is 42.9 Å². The second kappa shape index (κ2) is 3.55. The monoisotopic (exact) mass is 267 g/mol. The van der Waals surface area contributed by atoms with E-state index in [9.17, 15) is 13.2 Å². The lowest BCUT2D eigenvalue weighted by Gasteiger charge is -2.06. The highest BCUT2D eigenvalue weighted by molar-refractivity contribution is 7.89. The molecule has 0 aromatic heterocycles. The average Bonchev–Trinajstić information content (AvgIpc) is 3.21. The Bertz CT molecular complexity index is 619. The Morgan fingerprint density at radius 2 is 2.11 bits per heavy atom. The Kier molecular flexibility index (Phi) is 2.30. The lowest BCUT2D eigenvalue weighted by molar-refractivity contribution is 0.0696. The molecule has 3 rings (SSSR count). The second-order valence-corrected chi connectivity index (χ2v) is 6.79. The van der Waals surface area contributed by atoms with Gasteiger partial charge in [-0.2, -0.15) is 0 Å². The maximum absolute atomic E-state index is 12.1. The van der Waals surface area contributed by atoms with Gasteiger partial charge in [0.05, 0.1) is 10.5 Å². The van der Waals surface area contributed by atoms with Crippen molar-refractivity contribution in [3.8, 4) is 0 Å². The molecule has 0 amide bonds. The number of hydrogen-bond acceptors (Lipinski definition) is 3. The molecule has 0 heterocycles. The minimum Gasteiger partial charge on any atom is -0.478 e. The maximum Gasteiger partial charge on any atom is 0.335 e. The van der Waals surface area contributed by atoms with Crippen LogP contribution in [-0.2, 0) is 10.0 Å². The predicted octanol–water partition coefficient (Wildman–Crippen LogP) is 1.22. The summed E-state index contributed by atoms with van der Waals surface area (Å²) in [4.78, 5) is 10.8. The molecule has 96 valence electrons. The molecule has 18 heavy (non-hydrogen) atoms. The van der Waals surface area contributed by atoms with Gasteiger partial charge < -0.3 is 5.11 Å². The molecule has 6 heteroatoms. The molecule has 2 saturated carbocycles. The van der Waals surface area contributed by atoms with Gasteiger partial charge in [-0.3, -0.25) is 0 Å². The minimum atomic E-state index is -3.60. The van der Waals surface area contributed by atoms with Crippen molar-refractivity contribution >= 4 is 16.0 Å². The van der Waals surface area contributed by atoms with Crippen molar-refractivity contribution in [1.29, 1.82) is 0 Å². The Morgan fingerprint density at radius 1 is 1.39 bits per heavy atom. The Morgan fingerprint density at radius 3 is 2.67 bits per heavy atom. The van der Waals surface area contributed by atoms with Crippen LogP contribution in [0.15, 0.2) is 29.2 Å². The van der Waals surface area contributed by atoms with Crippen LogP contribution in [0.4, 0.5) is 0 Å². The van der Waals surface area contributed by atoms with Crippen LogP contribution >= 0.6 is 0 Å². The zero-order chi connectivity index (χ0) is 13.0. The van der Waals surface area contributed by atoms with Gasteiger partial charge in [0.25, 0.3) is 0 Å². The summed E-state index contributed by atoms with van der Waals surface area (Å²) in [7, 11) is -3.60. The lowest BCUT2D eigenvalue weighted by atomic mass is 10.2. The summed E-state index contributed by atoms with van der Waals surface area (Å²) in [6.07, 6.45) is 3.09. The van der Waals surface area contributed by atoms with E-state index in [0.29, 0.717) is 0 Å². The standard InChI is InChI=1S/C12H13NO4S/c14-11(15)8-2-1-3-9(6-8)18(16,17)13-10-7-12(10)4-5-12/h1-3,6,10,13H,4-5,7H2,(H,14,15). The first kappa shape index (κ1) is 11.7. The molecule has 5 nitrogen and oxygen atoms in total. The van der Waals surface area contributed by atoms with Crippen LogP contribution in [0.1, 0.15) is 29.6 Å². The second-order valence-electron chi connectivity index (χ2n) is 5.07. The summed E-state index contributed by atoms with van der Waals surface area (Å²) >= 11 is 0. The molecular weight excluding hydrogens is 254 g/mol. The molecule has 1 spiro atoms. The fourth-order valence-electron chi connectivity index (χ4n) is 2.28. The molecule has 0 bridgehead atoms. The van der Waals surface area contributed by atoms with Crippen molar-refractivity contribution in [1.82, 2.24) is 4.72 Å². The Labute approximate surface area is 105 Å². The van der Waals surface area contributed by atoms with Crippen molar-refractivity contribution in [3.05, 3.63) is 29.8 Å². The molecule has 0 radical (unpaired) electrons. The van der Waals surface area contributed by atoms with E-state index in [4.69, 9.17) is 5.11 Å². The molecule has 1 unspecified atom stereocenters. The summed E-state index contributed by atoms with van der Waals surface area (Å²) in [5.74, 6) is -1.13. The predicted molar refractivity (Wildman–Crippen MR) is 63.8 cm³/mol. The van der Waals surface area contributed by atoms with Gasteiger partial charge in [-0.25, -0.2) is 17.9 Å². The third-order valence-electron chi connectivity index (χ3n) is 3.77. The Balaban J connectivity index is 1.84. The molecule has 2 fully saturated rings. The van der Waals surface area contributed by atoms with Crippen LogP contribution in [0.25, 0.3) is 0 Å². The van der Waals surface area contributed by atoms with Gasteiger partial charge in [0.15, 0.2) is 0 Å². The first-order chi connectivity index (χ1) is 8.43. The maximum atomic E-state index is 12.1. The molecule has 1 atom stereocenters. The number of nitrogens with one attached hydrogen (secondary N) is 1. The fourth-order valence-corrected chi connectivity index (χ4v) is 3.66. The zero-order valence-corrected chi connectivity index (χ0v) is 10.4. The van der Waals surface area contributed by atoms with E-state index in [0.717, 1.165) is 19.3 Å². The van der Waals surface area contributed by atoms with Gasteiger partial charge in [-0.1, -0.05) is 6.07 Å². The quantitative estimate of drug-likeness (QED) is 0.859.